The van der Waals surface area contributed by atoms with Gasteiger partial charge in [0.25, 0.3) is 0 Å². The monoisotopic (exact) mass is 406 g/mol. The van der Waals surface area contributed by atoms with Crippen molar-refractivity contribution in [1.82, 2.24) is 19.7 Å². The molecule has 152 valence electrons. The van der Waals surface area contributed by atoms with Crippen molar-refractivity contribution in [2.24, 2.45) is 0 Å². The van der Waals surface area contributed by atoms with E-state index in [-0.39, 0.29) is 12.4 Å². The third kappa shape index (κ3) is 3.46. The molecule has 4 aromatic rings. The number of benzene rings is 1. The molecule has 1 aliphatic heterocycles. The van der Waals surface area contributed by atoms with Crippen molar-refractivity contribution < 1.29 is 18.4 Å². The molecule has 0 N–H and O–H groups in total. The predicted molar refractivity (Wildman–Crippen MR) is 106 cm³/mol. The van der Waals surface area contributed by atoms with Crippen LogP contribution in [0.25, 0.3) is 22.6 Å². The molecule has 0 saturated heterocycles. The van der Waals surface area contributed by atoms with E-state index in [1.807, 2.05) is 25.3 Å². The van der Waals surface area contributed by atoms with Crippen molar-refractivity contribution in [1.29, 1.82) is 0 Å². The summed E-state index contributed by atoms with van der Waals surface area (Å²) in [5.74, 6) is 1.71. The number of hydrogen-bond donors (Lipinski definition) is 0. The summed E-state index contributed by atoms with van der Waals surface area (Å²) in [4.78, 5) is 8.92. The highest BCUT2D eigenvalue weighted by Crippen LogP contribution is 2.27. The van der Waals surface area contributed by atoms with Crippen LogP contribution in [-0.2, 0) is 24.5 Å². The maximum atomic E-state index is 13.2. The first kappa shape index (κ1) is 18.5. The van der Waals surface area contributed by atoms with Gasteiger partial charge in [0.15, 0.2) is 0 Å². The molecular weight excluding hydrogens is 387 g/mol. The fraction of sp³-hybridized carbons (Fsp3) is 0.227. The standard InChI is InChI=1S/C22H19FN4O3/c1-14-19(21(26-30-14)15-2-5-17(23)6-3-15)13-29-20-7-4-16(10-24-20)22-25-11-18-12-28-9-8-27(18)22/h2-7,10-11H,8-9,12-13H2,1H3. The number of aryl methyl sites for hydroxylation is 1. The lowest BCUT2D eigenvalue weighted by atomic mass is 10.1. The highest BCUT2D eigenvalue weighted by atomic mass is 19.1. The Morgan fingerprint density at radius 1 is 1.07 bits per heavy atom. The van der Waals surface area contributed by atoms with Crippen LogP contribution in [0.4, 0.5) is 4.39 Å². The zero-order chi connectivity index (χ0) is 20.5. The number of hydrogen-bond acceptors (Lipinski definition) is 6. The van der Waals surface area contributed by atoms with Gasteiger partial charge in [-0.2, -0.15) is 0 Å². The molecule has 0 unspecified atom stereocenters. The van der Waals surface area contributed by atoms with Crippen LogP contribution in [0, 0.1) is 12.7 Å². The topological polar surface area (TPSA) is 75.2 Å². The minimum atomic E-state index is -0.299. The Morgan fingerprint density at radius 3 is 2.70 bits per heavy atom. The van der Waals surface area contributed by atoms with Crippen LogP contribution < -0.4 is 4.74 Å². The first-order valence-corrected chi connectivity index (χ1v) is 9.61. The number of rotatable bonds is 5. The zero-order valence-electron chi connectivity index (χ0n) is 16.3. The largest absolute Gasteiger partial charge is 0.473 e. The molecule has 0 radical (unpaired) electrons. The summed E-state index contributed by atoms with van der Waals surface area (Å²) in [6.45, 7) is 4.10. The number of fused-ring (bicyclic) bond motifs is 1. The van der Waals surface area contributed by atoms with E-state index in [4.69, 9.17) is 14.0 Å². The minimum absolute atomic E-state index is 0.241. The van der Waals surface area contributed by atoms with Gasteiger partial charge in [-0.15, -0.1) is 0 Å². The second-order valence-corrected chi connectivity index (χ2v) is 7.02. The molecule has 0 amide bonds. The first-order valence-electron chi connectivity index (χ1n) is 9.61. The molecule has 0 bridgehead atoms. The van der Waals surface area contributed by atoms with Crippen molar-refractivity contribution in [3.05, 3.63) is 71.6 Å². The average Bonchev–Trinajstić information content (AvgIpc) is 3.37. The molecule has 4 heterocycles. The summed E-state index contributed by atoms with van der Waals surface area (Å²) in [5.41, 5.74) is 4.19. The van der Waals surface area contributed by atoms with E-state index in [9.17, 15) is 4.39 Å². The Balaban J connectivity index is 1.33. The van der Waals surface area contributed by atoms with Crippen LogP contribution in [0.5, 0.6) is 5.88 Å². The van der Waals surface area contributed by atoms with Crippen LogP contribution >= 0.6 is 0 Å². The Morgan fingerprint density at radius 2 is 1.90 bits per heavy atom. The second-order valence-electron chi connectivity index (χ2n) is 7.02. The van der Waals surface area contributed by atoms with Crippen molar-refractivity contribution >= 4 is 0 Å². The Kier molecular flexibility index (Phi) is 4.76. The average molecular weight is 406 g/mol. The minimum Gasteiger partial charge on any atom is -0.473 e. The van der Waals surface area contributed by atoms with Gasteiger partial charge in [-0.1, -0.05) is 5.16 Å². The summed E-state index contributed by atoms with van der Waals surface area (Å²) in [6, 6.07) is 9.87. The molecule has 1 aliphatic rings. The molecule has 5 rings (SSSR count). The molecule has 0 fully saturated rings. The molecular formula is C22H19FN4O3. The highest BCUT2D eigenvalue weighted by Gasteiger charge is 2.17. The van der Waals surface area contributed by atoms with E-state index in [0.29, 0.717) is 30.5 Å². The lowest BCUT2D eigenvalue weighted by Gasteiger charge is -2.17. The fourth-order valence-corrected chi connectivity index (χ4v) is 3.48. The van der Waals surface area contributed by atoms with E-state index >= 15 is 0 Å². The maximum Gasteiger partial charge on any atom is 0.213 e. The van der Waals surface area contributed by atoms with Crippen LogP contribution in [0.2, 0.25) is 0 Å². The van der Waals surface area contributed by atoms with Gasteiger partial charge >= 0.3 is 0 Å². The molecule has 1 aromatic carbocycles. The summed E-state index contributed by atoms with van der Waals surface area (Å²) >= 11 is 0. The van der Waals surface area contributed by atoms with Crippen molar-refractivity contribution in [3.8, 4) is 28.5 Å². The van der Waals surface area contributed by atoms with E-state index in [1.165, 1.54) is 12.1 Å². The number of imidazole rings is 1. The zero-order valence-corrected chi connectivity index (χ0v) is 16.3. The van der Waals surface area contributed by atoms with Crippen molar-refractivity contribution in [2.45, 2.75) is 26.7 Å². The number of halogens is 1. The van der Waals surface area contributed by atoms with Gasteiger partial charge in [0.2, 0.25) is 5.88 Å². The molecule has 30 heavy (non-hydrogen) atoms. The van der Waals surface area contributed by atoms with Crippen LogP contribution in [0.3, 0.4) is 0 Å². The molecule has 0 saturated carbocycles. The quantitative estimate of drug-likeness (QED) is 0.496. The first-order chi connectivity index (χ1) is 14.7. The van der Waals surface area contributed by atoms with E-state index < -0.39 is 0 Å². The second kappa shape index (κ2) is 7.72. The third-order valence-electron chi connectivity index (χ3n) is 5.11. The van der Waals surface area contributed by atoms with Crippen molar-refractivity contribution in [3.63, 3.8) is 0 Å². The van der Waals surface area contributed by atoms with E-state index in [2.05, 4.69) is 19.7 Å². The number of nitrogens with zero attached hydrogens (tertiary/aromatic N) is 4. The van der Waals surface area contributed by atoms with Crippen LogP contribution in [-0.4, -0.2) is 26.3 Å². The summed E-state index contributed by atoms with van der Waals surface area (Å²) in [6.07, 6.45) is 3.59. The van der Waals surface area contributed by atoms with Gasteiger partial charge in [-0.05, 0) is 37.3 Å². The van der Waals surface area contributed by atoms with Crippen molar-refractivity contribution in [2.75, 3.05) is 6.61 Å². The molecule has 0 aliphatic carbocycles. The van der Waals surface area contributed by atoms with Gasteiger partial charge in [0.05, 0.1) is 30.7 Å². The molecule has 7 nitrogen and oxygen atoms in total. The Bertz CT molecular complexity index is 1170. The fourth-order valence-electron chi connectivity index (χ4n) is 3.48. The number of ether oxygens (including phenoxy) is 2. The Labute approximate surface area is 172 Å². The summed E-state index contributed by atoms with van der Waals surface area (Å²) < 4.78 is 32.0. The van der Waals surface area contributed by atoms with Gasteiger partial charge in [0.1, 0.15) is 29.7 Å². The number of pyridine rings is 1. The van der Waals surface area contributed by atoms with E-state index in [1.54, 1.807) is 18.3 Å². The molecule has 0 atom stereocenters. The Hall–Kier alpha value is -3.52. The van der Waals surface area contributed by atoms with Gasteiger partial charge < -0.3 is 18.6 Å². The summed E-state index contributed by atoms with van der Waals surface area (Å²) in [5, 5.41) is 4.10. The van der Waals surface area contributed by atoms with Gasteiger partial charge in [0, 0.05) is 29.9 Å². The van der Waals surface area contributed by atoms with Crippen LogP contribution in [0.1, 0.15) is 17.0 Å². The SMILES string of the molecule is Cc1onc(-c2ccc(F)cc2)c1COc1ccc(-c2ncc3n2CCOC3)cn1. The third-order valence-corrected chi connectivity index (χ3v) is 5.11. The molecule has 8 heteroatoms. The molecule has 0 spiro atoms. The normalized spacial score (nSPS) is 13.3. The maximum absolute atomic E-state index is 13.2. The lowest BCUT2D eigenvalue weighted by molar-refractivity contribution is 0.0856. The highest BCUT2D eigenvalue weighted by molar-refractivity contribution is 5.63. The summed E-state index contributed by atoms with van der Waals surface area (Å²) in [7, 11) is 0. The predicted octanol–water partition coefficient (Wildman–Crippen LogP) is 4.16. The van der Waals surface area contributed by atoms with Crippen LogP contribution in [0.15, 0.2) is 53.3 Å². The lowest BCUT2D eigenvalue weighted by Crippen LogP contribution is -2.16. The number of aromatic nitrogens is 4. The molecule has 3 aromatic heterocycles. The van der Waals surface area contributed by atoms with E-state index in [0.717, 1.165) is 34.8 Å². The smallest absolute Gasteiger partial charge is 0.213 e. The van der Waals surface area contributed by atoms with Gasteiger partial charge in [-0.3, -0.25) is 0 Å². The van der Waals surface area contributed by atoms with Gasteiger partial charge in [-0.25, -0.2) is 14.4 Å².